The van der Waals surface area contributed by atoms with E-state index in [2.05, 4.69) is 9.97 Å². The van der Waals surface area contributed by atoms with Gasteiger partial charge in [0.25, 0.3) is 0 Å². The Balaban J connectivity index is 2.86. The molecular weight excluding hydrogens is 142 g/mol. The fraction of sp³-hybridized carbons (Fsp3) is 0.286. The van der Waals surface area contributed by atoms with Crippen molar-refractivity contribution in [3.05, 3.63) is 24.3 Å². The Morgan fingerprint density at radius 1 is 1.55 bits per heavy atom. The average molecular weight is 151 g/mol. The van der Waals surface area contributed by atoms with Gasteiger partial charge in [0, 0.05) is 12.4 Å². The van der Waals surface area contributed by atoms with Crippen molar-refractivity contribution in [3.63, 3.8) is 0 Å². The summed E-state index contributed by atoms with van der Waals surface area (Å²) in [6.07, 6.45) is 4.29. The summed E-state index contributed by atoms with van der Waals surface area (Å²) < 4.78 is 0. The Morgan fingerprint density at radius 2 is 2.09 bits per heavy atom. The third-order valence-electron chi connectivity index (χ3n) is 1.26. The van der Waals surface area contributed by atoms with Crippen molar-refractivity contribution in [1.29, 1.82) is 0 Å². The predicted molar refractivity (Wildman–Crippen MR) is 40.0 cm³/mol. The predicted octanol–water partition coefficient (Wildman–Crippen LogP) is 0.00650. The van der Waals surface area contributed by atoms with Gasteiger partial charge in [-0.25, -0.2) is 9.97 Å². The Labute approximate surface area is 64.5 Å². The second-order valence-electron chi connectivity index (χ2n) is 2.28. The Morgan fingerprint density at radius 3 is 2.55 bits per heavy atom. The third kappa shape index (κ3) is 1.81. The molecule has 0 bridgehead atoms. The summed E-state index contributed by atoms with van der Waals surface area (Å²) in [6, 6.07) is -0.485. The SMILES string of the molecule is C[C@@H](N)C(=O)c1cncnc1. The number of nitrogens with zero attached hydrogens (tertiary/aromatic N) is 2. The molecule has 0 aliphatic rings. The molecule has 0 amide bonds. The van der Waals surface area contributed by atoms with Crippen LogP contribution < -0.4 is 5.73 Å². The van der Waals surface area contributed by atoms with E-state index in [-0.39, 0.29) is 5.78 Å². The molecule has 2 N–H and O–H groups in total. The van der Waals surface area contributed by atoms with Crippen LogP contribution in [0.25, 0.3) is 0 Å². The molecule has 1 atom stereocenters. The van der Waals surface area contributed by atoms with Gasteiger partial charge >= 0.3 is 0 Å². The fourth-order valence-corrected chi connectivity index (χ4v) is 0.689. The van der Waals surface area contributed by atoms with Crippen LogP contribution in [0.2, 0.25) is 0 Å². The van der Waals surface area contributed by atoms with E-state index in [1.165, 1.54) is 18.7 Å². The topological polar surface area (TPSA) is 68.9 Å². The summed E-state index contributed by atoms with van der Waals surface area (Å²) in [5.74, 6) is -0.134. The number of nitrogens with two attached hydrogens (primary N) is 1. The van der Waals surface area contributed by atoms with E-state index in [9.17, 15) is 4.79 Å². The van der Waals surface area contributed by atoms with E-state index in [0.29, 0.717) is 5.56 Å². The van der Waals surface area contributed by atoms with E-state index in [4.69, 9.17) is 5.73 Å². The van der Waals surface area contributed by atoms with Crippen molar-refractivity contribution in [1.82, 2.24) is 9.97 Å². The molecule has 0 radical (unpaired) electrons. The molecule has 1 rings (SSSR count). The van der Waals surface area contributed by atoms with Gasteiger partial charge in [-0.1, -0.05) is 0 Å². The maximum absolute atomic E-state index is 11.1. The summed E-state index contributed by atoms with van der Waals surface area (Å²) in [7, 11) is 0. The van der Waals surface area contributed by atoms with Crippen LogP contribution in [0.3, 0.4) is 0 Å². The Kier molecular flexibility index (Phi) is 2.28. The minimum absolute atomic E-state index is 0.134. The van der Waals surface area contributed by atoms with Gasteiger partial charge < -0.3 is 5.73 Å². The van der Waals surface area contributed by atoms with Crippen LogP contribution in [-0.2, 0) is 0 Å². The third-order valence-corrected chi connectivity index (χ3v) is 1.26. The van der Waals surface area contributed by atoms with Crippen LogP contribution in [-0.4, -0.2) is 21.8 Å². The lowest BCUT2D eigenvalue weighted by molar-refractivity contribution is 0.0967. The summed E-state index contributed by atoms with van der Waals surface area (Å²) in [4.78, 5) is 18.5. The van der Waals surface area contributed by atoms with Crippen LogP contribution in [0.5, 0.6) is 0 Å². The second kappa shape index (κ2) is 3.21. The van der Waals surface area contributed by atoms with Gasteiger partial charge in [-0.15, -0.1) is 0 Å². The van der Waals surface area contributed by atoms with Crippen LogP contribution in [0.4, 0.5) is 0 Å². The molecule has 1 aromatic heterocycles. The van der Waals surface area contributed by atoms with E-state index in [1.54, 1.807) is 6.92 Å². The molecular formula is C7H9N3O. The fourth-order valence-electron chi connectivity index (χ4n) is 0.689. The van der Waals surface area contributed by atoms with Gasteiger partial charge in [-0.05, 0) is 6.92 Å². The van der Waals surface area contributed by atoms with E-state index in [0.717, 1.165) is 0 Å². The van der Waals surface area contributed by atoms with Crippen LogP contribution in [0.15, 0.2) is 18.7 Å². The van der Waals surface area contributed by atoms with Gasteiger partial charge in [0.2, 0.25) is 0 Å². The number of ketones is 1. The smallest absolute Gasteiger partial charge is 0.182 e. The first kappa shape index (κ1) is 7.81. The average Bonchev–Trinajstić information content (AvgIpc) is 2.05. The highest BCUT2D eigenvalue weighted by molar-refractivity contribution is 5.99. The highest BCUT2D eigenvalue weighted by atomic mass is 16.1. The second-order valence-corrected chi connectivity index (χ2v) is 2.28. The van der Waals surface area contributed by atoms with Crippen molar-refractivity contribution in [2.24, 2.45) is 5.73 Å². The Bertz CT molecular complexity index is 245. The quantitative estimate of drug-likeness (QED) is 0.604. The molecule has 0 saturated heterocycles. The summed E-state index contributed by atoms with van der Waals surface area (Å²) >= 11 is 0. The summed E-state index contributed by atoms with van der Waals surface area (Å²) in [5.41, 5.74) is 5.82. The van der Waals surface area contributed by atoms with Crippen molar-refractivity contribution in [3.8, 4) is 0 Å². The van der Waals surface area contributed by atoms with Gasteiger partial charge in [0.05, 0.1) is 11.6 Å². The number of hydrogen-bond acceptors (Lipinski definition) is 4. The number of aromatic nitrogens is 2. The van der Waals surface area contributed by atoms with Gasteiger partial charge in [-0.2, -0.15) is 0 Å². The maximum Gasteiger partial charge on any atom is 0.182 e. The van der Waals surface area contributed by atoms with Crippen LogP contribution in [0, 0.1) is 0 Å². The number of Topliss-reactive ketones (excluding diaryl/α,β-unsaturated/α-hetero) is 1. The highest BCUT2D eigenvalue weighted by Crippen LogP contribution is 1.96. The van der Waals surface area contributed by atoms with Gasteiger partial charge in [0.1, 0.15) is 6.33 Å². The first-order valence-corrected chi connectivity index (χ1v) is 3.26. The molecule has 0 fully saturated rings. The first-order valence-electron chi connectivity index (χ1n) is 3.26. The van der Waals surface area contributed by atoms with E-state index >= 15 is 0 Å². The molecule has 1 aromatic rings. The van der Waals surface area contributed by atoms with Crippen molar-refractivity contribution < 1.29 is 4.79 Å². The van der Waals surface area contributed by atoms with Gasteiger partial charge in [0.15, 0.2) is 5.78 Å². The number of rotatable bonds is 2. The molecule has 0 unspecified atom stereocenters. The molecule has 0 aliphatic heterocycles. The van der Waals surface area contributed by atoms with Crippen molar-refractivity contribution >= 4 is 5.78 Å². The lowest BCUT2D eigenvalue weighted by Gasteiger charge is -2.01. The van der Waals surface area contributed by atoms with E-state index in [1.807, 2.05) is 0 Å². The van der Waals surface area contributed by atoms with Crippen LogP contribution in [0.1, 0.15) is 17.3 Å². The minimum Gasteiger partial charge on any atom is -0.321 e. The lowest BCUT2D eigenvalue weighted by atomic mass is 10.1. The summed E-state index contributed by atoms with van der Waals surface area (Å²) in [5, 5.41) is 0. The van der Waals surface area contributed by atoms with Gasteiger partial charge in [-0.3, -0.25) is 4.79 Å². The monoisotopic (exact) mass is 151 g/mol. The molecule has 58 valence electrons. The van der Waals surface area contributed by atoms with Crippen molar-refractivity contribution in [2.75, 3.05) is 0 Å². The zero-order valence-corrected chi connectivity index (χ0v) is 6.19. The molecule has 4 nitrogen and oxygen atoms in total. The molecule has 0 spiro atoms. The standard InChI is InChI=1S/C7H9N3O/c1-5(8)7(11)6-2-9-4-10-3-6/h2-5H,8H2,1H3/t5-/m1/s1. The minimum atomic E-state index is -0.485. The molecule has 1 heterocycles. The number of carbonyl (C=O) groups excluding carboxylic acids is 1. The molecule has 4 heteroatoms. The number of carbonyl (C=O) groups is 1. The maximum atomic E-state index is 11.1. The molecule has 0 aromatic carbocycles. The number of hydrogen-bond donors (Lipinski definition) is 1. The van der Waals surface area contributed by atoms with Crippen LogP contribution >= 0.6 is 0 Å². The lowest BCUT2D eigenvalue weighted by Crippen LogP contribution is -2.26. The Hall–Kier alpha value is -1.29. The molecule has 0 saturated carbocycles. The zero-order chi connectivity index (χ0) is 8.27. The zero-order valence-electron chi connectivity index (χ0n) is 6.19. The van der Waals surface area contributed by atoms with E-state index < -0.39 is 6.04 Å². The molecule has 11 heavy (non-hydrogen) atoms. The largest absolute Gasteiger partial charge is 0.321 e. The first-order chi connectivity index (χ1) is 5.22. The summed E-state index contributed by atoms with van der Waals surface area (Å²) in [6.45, 7) is 1.63. The highest BCUT2D eigenvalue weighted by Gasteiger charge is 2.09. The normalized spacial score (nSPS) is 12.5. The van der Waals surface area contributed by atoms with Crippen molar-refractivity contribution in [2.45, 2.75) is 13.0 Å². The molecule has 0 aliphatic carbocycles.